The standard InChI is InChI=1S/C10H15N3O3S/c1-8(14)12-9(10(15)16)3-6-17-7-13-5-2-4-11-13/h2,4-5,9H,3,6-7H2,1H3,(H,12,14)(H,15,16). The lowest BCUT2D eigenvalue weighted by molar-refractivity contribution is -0.141. The molecule has 0 saturated heterocycles. The van der Waals surface area contributed by atoms with E-state index in [-0.39, 0.29) is 5.91 Å². The van der Waals surface area contributed by atoms with Crippen molar-refractivity contribution in [3.8, 4) is 0 Å². The van der Waals surface area contributed by atoms with Crippen LogP contribution in [0.5, 0.6) is 0 Å². The van der Waals surface area contributed by atoms with E-state index in [1.54, 1.807) is 22.6 Å². The number of carbonyl (C=O) groups is 2. The van der Waals surface area contributed by atoms with Crippen molar-refractivity contribution in [2.75, 3.05) is 5.75 Å². The fourth-order valence-electron chi connectivity index (χ4n) is 1.24. The third-order valence-corrected chi connectivity index (χ3v) is 2.98. The summed E-state index contributed by atoms with van der Waals surface area (Å²) in [7, 11) is 0. The van der Waals surface area contributed by atoms with Gasteiger partial charge in [-0.1, -0.05) is 0 Å². The minimum atomic E-state index is -1.00. The quantitative estimate of drug-likeness (QED) is 0.697. The van der Waals surface area contributed by atoms with Crippen LogP contribution < -0.4 is 5.32 Å². The van der Waals surface area contributed by atoms with Gasteiger partial charge in [0.05, 0.1) is 5.88 Å². The molecule has 1 rings (SSSR count). The van der Waals surface area contributed by atoms with Crippen molar-refractivity contribution in [1.82, 2.24) is 15.1 Å². The van der Waals surface area contributed by atoms with Gasteiger partial charge in [-0.2, -0.15) is 5.10 Å². The van der Waals surface area contributed by atoms with Crippen molar-refractivity contribution in [3.05, 3.63) is 18.5 Å². The summed E-state index contributed by atoms with van der Waals surface area (Å²) in [6.45, 7) is 1.31. The van der Waals surface area contributed by atoms with Crippen LogP contribution in [0.2, 0.25) is 0 Å². The Balaban J connectivity index is 2.23. The zero-order valence-electron chi connectivity index (χ0n) is 9.50. The summed E-state index contributed by atoms with van der Waals surface area (Å²) in [4.78, 5) is 21.6. The van der Waals surface area contributed by atoms with Crippen LogP contribution in [0.15, 0.2) is 18.5 Å². The van der Waals surface area contributed by atoms with Crippen LogP contribution in [0.1, 0.15) is 13.3 Å². The molecule has 0 aromatic carbocycles. The maximum absolute atomic E-state index is 10.8. The Morgan fingerprint density at radius 3 is 2.88 bits per heavy atom. The van der Waals surface area contributed by atoms with E-state index in [2.05, 4.69) is 10.4 Å². The first kappa shape index (κ1) is 13.6. The van der Waals surface area contributed by atoms with Crippen molar-refractivity contribution in [2.24, 2.45) is 0 Å². The Morgan fingerprint density at radius 2 is 2.35 bits per heavy atom. The topological polar surface area (TPSA) is 84.2 Å². The molecule has 6 nitrogen and oxygen atoms in total. The molecule has 1 heterocycles. The monoisotopic (exact) mass is 257 g/mol. The van der Waals surface area contributed by atoms with Crippen molar-refractivity contribution >= 4 is 23.6 Å². The number of nitrogens with one attached hydrogen (secondary N) is 1. The zero-order chi connectivity index (χ0) is 12.7. The second-order valence-corrected chi connectivity index (χ2v) is 4.54. The molecular weight excluding hydrogens is 242 g/mol. The number of aliphatic carboxylic acids is 1. The first-order valence-electron chi connectivity index (χ1n) is 5.14. The third-order valence-electron chi connectivity index (χ3n) is 2.01. The smallest absolute Gasteiger partial charge is 0.326 e. The van der Waals surface area contributed by atoms with Gasteiger partial charge >= 0.3 is 5.97 Å². The summed E-state index contributed by atoms with van der Waals surface area (Å²) < 4.78 is 1.76. The number of nitrogens with zero attached hydrogens (tertiary/aromatic N) is 2. The number of rotatable bonds is 7. The third kappa shape index (κ3) is 5.39. The number of carboxylic acid groups (broad SMARTS) is 1. The van der Waals surface area contributed by atoms with Crippen molar-refractivity contribution in [2.45, 2.75) is 25.3 Å². The lowest BCUT2D eigenvalue weighted by atomic mass is 10.2. The van der Waals surface area contributed by atoms with Gasteiger partial charge in [0.2, 0.25) is 5.91 Å². The predicted octanol–water partition coefficient (Wildman–Crippen LogP) is 0.553. The van der Waals surface area contributed by atoms with Crippen molar-refractivity contribution in [1.29, 1.82) is 0 Å². The summed E-state index contributed by atoms with van der Waals surface area (Å²) in [6.07, 6.45) is 3.94. The Morgan fingerprint density at radius 1 is 1.59 bits per heavy atom. The van der Waals surface area contributed by atoms with Gasteiger partial charge in [0.15, 0.2) is 0 Å². The van der Waals surface area contributed by atoms with Crippen molar-refractivity contribution in [3.63, 3.8) is 0 Å². The lowest BCUT2D eigenvalue weighted by Gasteiger charge is -2.12. The highest BCUT2D eigenvalue weighted by molar-refractivity contribution is 7.98. The highest BCUT2D eigenvalue weighted by Crippen LogP contribution is 2.08. The van der Waals surface area contributed by atoms with E-state index in [1.165, 1.54) is 6.92 Å². The first-order valence-corrected chi connectivity index (χ1v) is 6.30. The largest absolute Gasteiger partial charge is 0.480 e. The summed E-state index contributed by atoms with van der Waals surface area (Å²) in [5.74, 6) is 0.00522. The Hall–Kier alpha value is -1.50. The van der Waals surface area contributed by atoms with Crippen LogP contribution in [0.3, 0.4) is 0 Å². The molecule has 0 bridgehead atoms. The van der Waals surface area contributed by atoms with Crippen LogP contribution in [0.4, 0.5) is 0 Å². The molecule has 1 aromatic heterocycles. The van der Waals surface area contributed by atoms with E-state index < -0.39 is 12.0 Å². The Kier molecular flexibility index (Phi) is 5.55. The van der Waals surface area contributed by atoms with Gasteiger partial charge in [0.1, 0.15) is 6.04 Å². The number of amides is 1. The maximum Gasteiger partial charge on any atom is 0.326 e. The number of aromatic nitrogens is 2. The van der Waals surface area contributed by atoms with Gasteiger partial charge in [-0.05, 0) is 18.2 Å². The second kappa shape index (κ2) is 6.95. The molecule has 0 fully saturated rings. The molecule has 1 unspecified atom stereocenters. The molecule has 0 aliphatic heterocycles. The van der Waals surface area contributed by atoms with Crippen LogP contribution >= 0.6 is 11.8 Å². The second-order valence-electron chi connectivity index (χ2n) is 3.46. The van der Waals surface area contributed by atoms with Crippen molar-refractivity contribution < 1.29 is 14.7 Å². The lowest BCUT2D eigenvalue weighted by Crippen LogP contribution is -2.39. The van der Waals surface area contributed by atoms with Gasteiger partial charge in [-0.15, -0.1) is 11.8 Å². The Labute approximate surface area is 103 Å². The number of hydrogen-bond donors (Lipinski definition) is 2. The van der Waals surface area contributed by atoms with Crippen LogP contribution in [0, 0.1) is 0 Å². The molecule has 0 spiro atoms. The fraction of sp³-hybridized carbons (Fsp3) is 0.500. The van der Waals surface area contributed by atoms with E-state index in [0.29, 0.717) is 18.1 Å². The van der Waals surface area contributed by atoms with Crippen LogP contribution in [-0.2, 0) is 15.5 Å². The molecule has 0 radical (unpaired) electrons. The Bertz CT molecular complexity index is 367. The number of carboxylic acids is 1. The molecular formula is C10H15N3O3S. The number of thioether (sulfide) groups is 1. The molecule has 1 aromatic rings. The van der Waals surface area contributed by atoms with Crippen LogP contribution in [-0.4, -0.2) is 38.6 Å². The minimum absolute atomic E-state index is 0.325. The average Bonchev–Trinajstić information content (AvgIpc) is 2.74. The SMILES string of the molecule is CC(=O)NC(CCSCn1cccn1)C(=O)O. The summed E-state index contributed by atoms with van der Waals surface area (Å²) in [6, 6.07) is 1.02. The fourth-order valence-corrected chi connectivity index (χ4v) is 2.11. The van der Waals surface area contributed by atoms with E-state index in [4.69, 9.17) is 5.11 Å². The van der Waals surface area contributed by atoms with Gasteiger partial charge in [-0.25, -0.2) is 4.79 Å². The zero-order valence-corrected chi connectivity index (χ0v) is 10.3. The normalized spacial score (nSPS) is 12.1. The van der Waals surface area contributed by atoms with Gasteiger partial charge in [-0.3, -0.25) is 9.48 Å². The summed E-state index contributed by atoms with van der Waals surface area (Å²) >= 11 is 1.57. The molecule has 7 heteroatoms. The van der Waals surface area contributed by atoms with E-state index >= 15 is 0 Å². The van der Waals surface area contributed by atoms with Gasteiger partial charge in [0.25, 0.3) is 0 Å². The molecule has 2 N–H and O–H groups in total. The minimum Gasteiger partial charge on any atom is -0.480 e. The molecule has 0 aliphatic rings. The molecule has 94 valence electrons. The molecule has 1 amide bonds. The average molecular weight is 257 g/mol. The maximum atomic E-state index is 10.8. The van der Waals surface area contributed by atoms with E-state index in [1.807, 2.05) is 12.3 Å². The summed E-state index contributed by atoms with van der Waals surface area (Å²) in [5.41, 5.74) is 0. The van der Waals surface area contributed by atoms with Gasteiger partial charge in [0, 0.05) is 19.3 Å². The first-order chi connectivity index (χ1) is 8.09. The predicted molar refractivity (Wildman–Crippen MR) is 64.5 cm³/mol. The van der Waals surface area contributed by atoms with Crippen LogP contribution in [0.25, 0.3) is 0 Å². The number of carbonyl (C=O) groups excluding carboxylic acids is 1. The highest BCUT2D eigenvalue weighted by atomic mass is 32.2. The molecule has 1 atom stereocenters. The summed E-state index contributed by atoms with van der Waals surface area (Å²) in [5, 5.41) is 15.3. The molecule has 17 heavy (non-hydrogen) atoms. The van der Waals surface area contributed by atoms with E-state index in [9.17, 15) is 9.59 Å². The highest BCUT2D eigenvalue weighted by Gasteiger charge is 2.17. The number of hydrogen-bond acceptors (Lipinski definition) is 4. The van der Waals surface area contributed by atoms with Gasteiger partial charge < -0.3 is 10.4 Å². The van der Waals surface area contributed by atoms with E-state index in [0.717, 1.165) is 0 Å². The molecule has 0 saturated carbocycles. The molecule has 0 aliphatic carbocycles.